The molecular formula is C7H13N3OS. The molecule has 1 heterocycles. The third-order valence-electron chi connectivity index (χ3n) is 1.93. The molecule has 12 heavy (non-hydrogen) atoms. The van der Waals surface area contributed by atoms with Gasteiger partial charge in [-0.15, -0.1) is 0 Å². The van der Waals surface area contributed by atoms with Gasteiger partial charge in [-0.3, -0.25) is 0 Å². The Morgan fingerprint density at radius 2 is 2.50 bits per heavy atom. The van der Waals surface area contributed by atoms with E-state index in [2.05, 4.69) is 8.75 Å². The minimum absolute atomic E-state index is 0.265. The molecule has 0 radical (unpaired) electrons. The summed E-state index contributed by atoms with van der Waals surface area (Å²) in [6.45, 7) is 3.48. The van der Waals surface area contributed by atoms with Crippen molar-refractivity contribution in [2.75, 3.05) is 0 Å². The van der Waals surface area contributed by atoms with E-state index in [0.29, 0.717) is 6.42 Å². The molecule has 0 bridgehead atoms. The molecule has 2 unspecified atom stereocenters. The Bertz CT molecular complexity index is 233. The number of hydrogen-bond acceptors (Lipinski definition) is 5. The van der Waals surface area contributed by atoms with Gasteiger partial charge in [0.15, 0.2) is 0 Å². The highest BCUT2D eigenvalue weighted by atomic mass is 32.1. The Morgan fingerprint density at radius 3 is 2.92 bits per heavy atom. The molecule has 0 saturated heterocycles. The lowest BCUT2D eigenvalue weighted by molar-refractivity contribution is 0.0381. The third-order valence-corrected chi connectivity index (χ3v) is 2.44. The first kappa shape index (κ1) is 9.57. The predicted molar refractivity (Wildman–Crippen MR) is 47.9 cm³/mol. The number of hydrogen-bond donors (Lipinski definition) is 2. The van der Waals surface area contributed by atoms with Crippen molar-refractivity contribution in [2.24, 2.45) is 5.73 Å². The second-order valence-electron chi connectivity index (χ2n) is 3.22. The summed E-state index contributed by atoms with van der Waals surface area (Å²) >= 11 is 1.14. The summed E-state index contributed by atoms with van der Waals surface area (Å²) in [5.74, 6) is 0. The molecule has 0 aromatic carbocycles. The quantitative estimate of drug-likeness (QED) is 0.708. The van der Waals surface area contributed by atoms with E-state index in [-0.39, 0.29) is 6.04 Å². The number of nitrogens with zero attached hydrogens (tertiary/aromatic N) is 2. The summed E-state index contributed by atoms with van der Waals surface area (Å²) in [7, 11) is 0. The van der Waals surface area contributed by atoms with Crippen LogP contribution < -0.4 is 5.73 Å². The van der Waals surface area contributed by atoms with Gasteiger partial charge < -0.3 is 10.8 Å². The maximum Gasteiger partial charge on any atom is 0.0823 e. The number of rotatable bonds is 3. The topological polar surface area (TPSA) is 72.0 Å². The molecule has 0 aliphatic rings. The fourth-order valence-corrected chi connectivity index (χ4v) is 1.22. The van der Waals surface area contributed by atoms with Gasteiger partial charge in [0.25, 0.3) is 0 Å². The molecular weight excluding hydrogens is 174 g/mol. The lowest BCUT2D eigenvalue weighted by Crippen LogP contribution is -2.45. The molecule has 5 heteroatoms. The highest BCUT2D eigenvalue weighted by Gasteiger charge is 2.26. The van der Waals surface area contributed by atoms with Crippen LogP contribution in [0.1, 0.15) is 19.5 Å². The zero-order valence-electron chi connectivity index (χ0n) is 7.19. The molecule has 1 rings (SSSR count). The normalized spacial score (nSPS) is 18.7. The summed E-state index contributed by atoms with van der Waals surface area (Å²) in [6, 6.07) is -0.265. The largest absolute Gasteiger partial charge is 0.388 e. The summed E-state index contributed by atoms with van der Waals surface area (Å²) in [5, 5.41) is 9.78. The standard InChI is InChI=1S/C7H13N3OS/c1-5(8)7(2,11)3-6-4-9-12-10-6/h4-5,11H,3,8H2,1-2H3. The van der Waals surface area contributed by atoms with Crippen molar-refractivity contribution in [1.29, 1.82) is 0 Å². The van der Waals surface area contributed by atoms with Crippen LogP contribution in [-0.4, -0.2) is 25.5 Å². The van der Waals surface area contributed by atoms with Crippen LogP contribution in [0.2, 0.25) is 0 Å². The lowest BCUT2D eigenvalue weighted by Gasteiger charge is -2.26. The molecule has 68 valence electrons. The van der Waals surface area contributed by atoms with Gasteiger partial charge in [0.2, 0.25) is 0 Å². The van der Waals surface area contributed by atoms with Crippen molar-refractivity contribution < 1.29 is 5.11 Å². The monoisotopic (exact) mass is 187 g/mol. The lowest BCUT2D eigenvalue weighted by atomic mass is 9.93. The molecule has 0 saturated carbocycles. The minimum atomic E-state index is -0.893. The first-order valence-corrected chi connectivity index (χ1v) is 4.50. The first-order valence-electron chi connectivity index (χ1n) is 3.77. The third kappa shape index (κ3) is 2.23. The summed E-state index contributed by atoms with van der Waals surface area (Å²) in [6.07, 6.45) is 2.11. The molecule has 0 aliphatic heterocycles. The SMILES string of the molecule is CC(N)C(C)(O)Cc1cnsn1. The van der Waals surface area contributed by atoms with Crippen molar-refractivity contribution in [2.45, 2.75) is 31.9 Å². The van der Waals surface area contributed by atoms with Crippen molar-refractivity contribution >= 4 is 11.7 Å². The van der Waals surface area contributed by atoms with Crippen LogP contribution >= 0.6 is 11.7 Å². The highest BCUT2D eigenvalue weighted by molar-refractivity contribution is 6.99. The zero-order chi connectivity index (χ0) is 9.19. The van der Waals surface area contributed by atoms with Gasteiger partial charge in [-0.25, -0.2) is 0 Å². The molecule has 0 aliphatic carbocycles. The van der Waals surface area contributed by atoms with Gasteiger partial charge >= 0.3 is 0 Å². The molecule has 0 spiro atoms. The Labute approximate surface area is 75.8 Å². The van der Waals surface area contributed by atoms with Crippen LogP contribution in [0.25, 0.3) is 0 Å². The summed E-state index contributed by atoms with van der Waals surface area (Å²) in [4.78, 5) is 0. The maximum absolute atomic E-state index is 9.78. The van der Waals surface area contributed by atoms with Crippen LogP contribution in [0.5, 0.6) is 0 Å². The van der Waals surface area contributed by atoms with Crippen molar-refractivity contribution in [3.8, 4) is 0 Å². The fraction of sp³-hybridized carbons (Fsp3) is 0.714. The number of nitrogens with two attached hydrogens (primary N) is 1. The van der Waals surface area contributed by atoms with E-state index in [1.165, 1.54) is 0 Å². The van der Waals surface area contributed by atoms with Crippen LogP contribution in [0, 0.1) is 0 Å². The van der Waals surface area contributed by atoms with E-state index in [1.807, 2.05) is 0 Å². The molecule has 0 amide bonds. The van der Waals surface area contributed by atoms with Gasteiger partial charge in [-0.2, -0.15) is 8.75 Å². The molecule has 2 atom stereocenters. The van der Waals surface area contributed by atoms with Gasteiger partial charge in [-0.1, -0.05) is 0 Å². The molecule has 3 N–H and O–H groups in total. The first-order chi connectivity index (χ1) is 5.52. The second-order valence-corrected chi connectivity index (χ2v) is 3.78. The minimum Gasteiger partial charge on any atom is -0.388 e. The van der Waals surface area contributed by atoms with Crippen molar-refractivity contribution in [1.82, 2.24) is 8.75 Å². The van der Waals surface area contributed by atoms with E-state index in [0.717, 1.165) is 17.4 Å². The fourth-order valence-electron chi connectivity index (χ4n) is 0.790. The zero-order valence-corrected chi connectivity index (χ0v) is 8.01. The summed E-state index contributed by atoms with van der Waals surface area (Å²) < 4.78 is 7.84. The van der Waals surface area contributed by atoms with Crippen LogP contribution in [0.15, 0.2) is 6.20 Å². The molecule has 1 aromatic rings. The average Bonchev–Trinajstić information content (AvgIpc) is 2.38. The van der Waals surface area contributed by atoms with Gasteiger partial charge in [-0.05, 0) is 13.8 Å². The van der Waals surface area contributed by atoms with E-state index >= 15 is 0 Å². The Morgan fingerprint density at radius 1 is 1.83 bits per heavy atom. The van der Waals surface area contributed by atoms with Crippen LogP contribution in [0.3, 0.4) is 0 Å². The molecule has 1 aromatic heterocycles. The van der Waals surface area contributed by atoms with Gasteiger partial charge in [0, 0.05) is 12.5 Å². The van der Waals surface area contributed by atoms with Crippen molar-refractivity contribution in [3.63, 3.8) is 0 Å². The summed E-state index contributed by atoms with van der Waals surface area (Å²) in [5.41, 5.74) is 5.49. The Balaban J connectivity index is 2.62. The average molecular weight is 187 g/mol. The maximum atomic E-state index is 9.78. The molecule has 0 fully saturated rings. The molecule has 4 nitrogen and oxygen atoms in total. The highest BCUT2D eigenvalue weighted by Crippen LogP contribution is 2.14. The van der Waals surface area contributed by atoms with E-state index in [9.17, 15) is 5.11 Å². The predicted octanol–water partition coefficient (Wildman–Crippen LogP) is 0.179. The smallest absolute Gasteiger partial charge is 0.0823 e. The van der Waals surface area contributed by atoms with Gasteiger partial charge in [0.05, 0.1) is 29.2 Å². The van der Waals surface area contributed by atoms with E-state index in [4.69, 9.17) is 5.73 Å². The van der Waals surface area contributed by atoms with Crippen LogP contribution in [-0.2, 0) is 6.42 Å². The van der Waals surface area contributed by atoms with Crippen LogP contribution in [0.4, 0.5) is 0 Å². The van der Waals surface area contributed by atoms with E-state index < -0.39 is 5.60 Å². The number of aliphatic hydroxyl groups is 1. The van der Waals surface area contributed by atoms with Gasteiger partial charge in [0.1, 0.15) is 0 Å². The number of aromatic nitrogens is 2. The Kier molecular flexibility index (Phi) is 2.76. The van der Waals surface area contributed by atoms with Crippen molar-refractivity contribution in [3.05, 3.63) is 11.9 Å². The van der Waals surface area contributed by atoms with E-state index in [1.54, 1.807) is 20.0 Å². The second kappa shape index (κ2) is 3.47. The Hall–Kier alpha value is -0.520.